The van der Waals surface area contributed by atoms with Gasteiger partial charge < -0.3 is 4.74 Å². The molecule has 0 saturated heterocycles. The zero-order valence-electron chi connectivity index (χ0n) is 9.45. The molecule has 0 aliphatic carbocycles. The van der Waals surface area contributed by atoms with Gasteiger partial charge in [0.25, 0.3) is 0 Å². The summed E-state index contributed by atoms with van der Waals surface area (Å²) in [6.07, 6.45) is -4.90. The Kier molecular flexibility index (Phi) is 3.91. The highest BCUT2D eigenvalue weighted by Gasteiger charge is 2.34. The molecule has 0 saturated carbocycles. The Morgan fingerprint density at radius 1 is 1.12 bits per heavy atom. The van der Waals surface area contributed by atoms with Gasteiger partial charge in [0, 0.05) is 4.47 Å². The van der Waals surface area contributed by atoms with E-state index < -0.39 is 23.0 Å². The van der Waals surface area contributed by atoms with Crippen LogP contribution in [0.3, 0.4) is 0 Å². The summed E-state index contributed by atoms with van der Waals surface area (Å²) in [6, 6.07) is 2.28. The van der Waals surface area contributed by atoms with E-state index in [-0.39, 0.29) is 5.56 Å². The molecule has 0 spiro atoms. The smallest absolute Gasteiger partial charge is 0.403 e. The number of alkyl halides is 3. The van der Waals surface area contributed by atoms with E-state index in [1.807, 2.05) is 0 Å². The third-order valence-electron chi connectivity index (χ3n) is 2.03. The molecule has 9 heteroatoms. The Morgan fingerprint density at radius 3 is 2.06 bits per heavy atom. The maximum absolute atomic E-state index is 13.9. The molecular weight excluding hydrogens is 300 g/mol. The molecule has 0 bridgehead atoms. The van der Waals surface area contributed by atoms with Crippen LogP contribution in [0, 0.1) is 5.82 Å². The van der Waals surface area contributed by atoms with Gasteiger partial charge in [-0.3, -0.25) is 0 Å². The number of halogens is 5. The van der Waals surface area contributed by atoms with E-state index in [4.69, 9.17) is 0 Å². The zero-order valence-corrected chi connectivity index (χ0v) is 11.0. The van der Waals surface area contributed by atoms with Gasteiger partial charge in [0.2, 0.25) is 0 Å². The summed E-state index contributed by atoms with van der Waals surface area (Å²) in [5, 5.41) is -0.631. The van der Waals surface area contributed by atoms with Crippen LogP contribution in [-0.2, 0) is 5.11 Å². The van der Waals surface area contributed by atoms with Gasteiger partial charge in [-0.2, -0.15) is 0 Å². The van der Waals surface area contributed by atoms with E-state index in [0.29, 0.717) is 4.47 Å². The molecule has 0 unspecified atom stereocenters. The van der Waals surface area contributed by atoms with Crippen LogP contribution in [0.25, 0.3) is 0 Å². The average Bonchev–Trinajstić information content (AvgIpc) is 2.06. The predicted molar refractivity (Wildman–Crippen MR) is 68.1 cm³/mol. The maximum Gasteiger partial charge on any atom is 0.573 e. The molecule has 1 nitrogen and oxygen atoms in total. The van der Waals surface area contributed by atoms with Crippen LogP contribution in [-0.4, -0.2) is 29.9 Å². The Balaban J connectivity index is 3.30. The van der Waals surface area contributed by atoms with E-state index in [1.54, 1.807) is 23.5 Å². The SMILES string of the molecule is BC(B)(B)c1c(Br)ccc(OC(F)(F)F)c1F. The van der Waals surface area contributed by atoms with Crippen molar-refractivity contribution in [1.82, 2.24) is 0 Å². The first-order valence-corrected chi connectivity index (χ1v) is 5.56. The van der Waals surface area contributed by atoms with E-state index >= 15 is 0 Å². The summed E-state index contributed by atoms with van der Waals surface area (Å²) < 4.78 is 54.1. The highest BCUT2D eigenvalue weighted by atomic mass is 79.9. The van der Waals surface area contributed by atoms with Crippen molar-refractivity contribution < 1.29 is 22.3 Å². The van der Waals surface area contributed by atoms with Crippen molar-refractivity contribution >= 4 is 39.5 Å². The van der Waals surface area contributed by atoms with Gasteiger partial charge >= 0.3 is 6.36 Å². The summed E-state index contributed by atoms with van der Waals surface area (Å²) in [4.78, 5) is 0. The van der Waals surface area contributed by atoms with Crippen molar-refractivity contribution in [2.45, 2.75) is 11.5 Å². The zero-order chi connectivity index (χ0) is 13.4. The average molecular weight is 308 g/mol. The van der Waals surface area contributed by atoms with Crippen molar-refractivity contribution in [3.63, 3.8) is 0 Å². The van der Waals surface area contributed by atoms with Gasteiger partial charge in [0.15, 0.2) is 11.6 Å². The molecule has 1 aromatic rings. The summed E-state index contributed by atoms with van der Waals surface area (Å²) in [6.45, 7) is 0. The molecule has 0 atom stereocenters. The Labute approximate surface area is 107 Å². The minimum atomic E-state index is -4.90. The Morgan fingerprint density at radius 2 is 1.65 bits per heavy atom. The van der Waals surface area contributed by atoms with Gasteiger partial charge in [-0.1, -0.05) is 21.0 Å². The van der Waals surface area contributed by atoms with Crippen molar-refractivity contribution in [1.29, 1.82) is 0 Å². The minimum absolute atomic E-state index is 0.152. The van der Waals surface area contributed by atoms with Crippen LogP contribution < -0.4 is 4.74 Å². The van der Waals surface area contributed by atoms with Crippen LogP contribution in [0.15, 0.2) is 16.6 Å². The fourth-order valence-electron chi connectivity index (χ4n) is 1.42. The number of hydrogen-bond acceptors (Lipinski definition) is 1. The number of rotatable bonds is 2. The predicted octanol–water partition coefficient (Wildman–Crippen LogP) is 0.496. The third-order valence-corrected chi connectivity index (χ3v) is 2.69. The summed E-state index contributed by atoms with van der Waals surface area (Å²) >= 11 is 3.12. The topological polar surface area (TPSA) is 9.23 Å². The van der Waals surface area contributed by atoms with Gasteiger partial charge in [-0.25, -0.2) is 4.39 Å². The molecule has 0 fully saturated rings. The van der Waals surface area contributed by atoms with E-state index in [0.717, 1.165) is 6.07 Å². The molecular formula is C8H8B3BrF4O. The van der Waals surface area contributed by atoms with E-state index in [9.17, 15) is 17.6 Å². The third kappa shape index (κ3) is 3.69. The van der Waals surface area contributed by atoms with E-state index in [2.05, 4.69) is 20.7 Å². The van der Waals surface area contributed by atoms with Crippen LogP contribution >= 0.6 is 15.9 Å². The first-order chi connectivity index (χ1) is 7.52. The lowest BCUT2D eigenvalue weighted by molar-refractivity contribution is -0.275. The van der Waals surface area contributed by atoms with Crippen LogP contribution in [0.5, 0.6) is 5.75 Å². The van der Waals surface area contributed by atoms with Gasteiger partial charge in [0.05, 0.1) is 23.5 Å². The van der Waals surface area contributed by atoms with Crippen LogP contribution in [0.2, 0.25) is 0 Å². The van der Waals surface area contributed by atoms with Gasteiger partial charge in [0.1, 0.15) is 0 Å². The standard InChI is InChI=1S/C8H8B3BrF4O/c9-7(10,11)5-3(12)1-2-4(6(5)13)17-8(14,15)16/h1-2H,9-11H2. The van der Waals surface area contributed by atoms with Crippen molar-refractivity contribution in [2.75, 3.05) is 0 Å². The lowest BCUT2D eigenvalue weighted by atomic mass is 9.40. The first-order valence-electron chi connectivity index (χ1n) is 4.76. The normalized spacial score (nSPS) is 12.5. The second-order valence-electron chi connectivity index (χ2n) is 4.53. The molecule has 0 heterocycles. The first kappa shape index (κ1) is 14.5. The molecule has 0 radical (unpaired) electrons. The molecule has 0 aliphatic rings. The van der Waals surface area contributed by atoms with Gasteiger partial charge in [-0.05, 0) is 17.7 Å². The number of benzene rings is 1. The lowest BCUT2D eigenvalue weighted by Crippen LogP contribution is -2.29. The molecule has 0 aromatic heterocycles. The lowest BCUT2D eigenvalue weighted by Gasteiger charge is -2.23. The molecule has 1 rings (SSSR count). The van der Waals surface area contributed by atoms with Crippen molar-refractivity contribution in [3.05, 3.63) is 28.0 Å². The number of hydrogen-bond donors (Lipinski definition) is 0. The second kappa shape index (κ2) is 4.59. The fraction of sp³-hybridized carbons (Fsp3) is 0.250. The van der Waals surface area contributed by atoms with E-state index in [1.165, 1.54) is 6.07 Å². The summed E-state index contributed by atoms with van der Waals surface area (Å²) in [5.41, 5.74) is 0.152. The summed E-state index contributed by atoms with van der Waals surface area (Å²) in [7, 11) is 5.11. The fourth-order valence-corrected chi connectivity index (χ4v) is 2.33. The molecule has 17 heavy (non-hydrogen) atoms. The molecule has 0 N–H and O–H groups in total. The maximum atomic E-state index is 13.9. The highest BCUT2D eigenvalue weighted by molar-refractivity contribution is 9.10. The largest absolute Gasteiger partial charge is 0.573 e. The molecule has 0 amide bonds. The highest BCUT2D eigenvalue weighted by Crippen LogP contribution is 2.34. The quantitative estimate of drug-likeness (QED) is 0.571. The Bertz CT molecular complexity index is 430. The second-order valence-corrected chi connectivity index (χ2v) is 5.39. The monoisotopic (exact) mass is 308 g/mol. The molecule has 90 valence electrons. The Hall–Kier alpha value is -0.585. The summed E-state index contributed by atoms with van der Waals surface area (Å²) in [5.74, 6) is -1.81. The molecule has 0 aliphatic heterocycles. The van der Waals surface area contributed by atoms with Crippen molar-refractivity contribution in [2.24, 2.45) is 0 Å². The van der Waals surface area contributed by atoms with Crippen LogP contribution in [0.4, 0.5) is 17.6 Å². The number of ether oxygens (including phenoxy) is 1. The van der Waals surface area contributed by atoms with Crippen LogP contribution in [0.1, 0.15) is 5.56 Å². The van der Waals surface area contributed by atoms with Crippen molar-refractivity contribution in [3.8, 4) is 5.75 Å². The minimum Gasteiger partial charge on any atom is -0.403 e. The molecule has 1 aromatic carbocycles. The van der Waals surface area contributed by atoms with Gasteiger partial charge in [-0.15, -0.1) is 13.2 Å².